The van der Waals surface area contributed by atoms with Gasteiger partial charge < -0.3 is 15.4 Å². The number of hydrogen-bond acceptors (Lipinski definition) is 6. The Hall–Kier alpha value is -1.87. The zero-order valence-electron chi connectivity index (χ0n) is 16.6. The molecule has 6 nitrogen and oxygen atoms in total. The van der Waals surface area contributed by atoms with Gasteiger partial charge in [0.2, 0.25) is 11.8 Å². The maximum Gasteiger partial charge on any atom is 0.234 e. The molecule has 1 unspecified atom stereocenters. The van der Waals surface area contributed by atoms with E-state index in [1.165, 1.54) is 16.6 Å². The van der Waals surface area contributed by atoms with Crippen molar-refractivity contribution in [3.63, 3.8) is 0 Å². The fourth-order valence-corrected chi connectivity index (χ4v) is 4.71. The second kappa shape index (κ2) is 11.3. The Labute approximate surface area is 180 Å². The van der Waals surface area contributed by atoms with E-state index in [9.17, 15) is 9.59 Å². The average molecular weight is 434 g/mol. The van der Waals surface area contributed by atoms with E-state index in [4.69, 9.17) is 4.74 Å². The molecule has 1 fully saturated rings. The minimum Gasteiger partial charge on any atom is -0.379 e. The van der Waals surface area contributed by atoms with E-state index >= 15 is 0 Å². The number of morpholine rings is 1. The van der Waals surface area contributed by atoms with E-state index in [0.717, 1.165) is 37.6 Å². The van der Waals surface area contributed by atoms with Crippen molar-refractivity contribution >= 4 is 40.6 Å². The van der Waals surface area contributed by atoms with Crippen molar-refractivity contribution < 1.29 is 14.3 Å². The van der Waals surface area contributed by atoms with Crippen LogP contribution in [-0.4, -0.2) is 61.1 Å². The number of nitrogens with one attached hydrogen (secondary N) is 2. The molecule has 1 aliphatic heterocycles. The van der Waals surface area contributed by atoms with Crippen molar-refractivity contribution in [2.75, 3.05) is 49.7 Å². The van der Waals surface area contributed by atoms with Crippen LogP contribution >= 0.6 is 23.1 Å². The lowest BCUT2D eigenvalue weighted by Gasteiger charge is -2.34. The number of rotatable bonds is 9. The van der Waals surface area contributed by atoms with Gasteiger partial charge in [-0.25, -0.2) is 0 Å². The van der Waals surface area contributed by atoms with Crippen LogP contribution in [0.4, 0.5) is 5.69 Å². The summed E-state index contributed by atoms with van der Waals surface area (Å²) in [6, 6.07) is 12.0. The second-order valence-electron chi connectivity index (χ2n) is 6.89. The molecule has 3 rings (SSSR count). The van der Waals surface area contributed by atoms with E-state index < -0.39 is 0 Å². The minimum absolute atomic E-state index is 0.0480. The number of carbonyl (C=O) groups is 2. The first-order chi connectivity index (χ1) is 14.1. The number of thiophene rings is 1. The first-order valence-electron chi connectivity index (χ1n) is 9.68. The molecule has 2 aromatic rings. The first kappa shape index (κ1) is 21.8. The van der Waals surface area contributed by atoms with Crippen LogP contribution < -0.4 is 10.6 Å². The molecule has 2 amide bonds. The van der Waals surface area contributed by atoms with Crippen molar-refractivity contribution in [3.05, 3.63) is 52.2 Å². The Morgan fingerprint density at radius 2 is 1.97 bits per heavy atom. The molecule has 2 N–H and O–H groups in total. The third-order valence-corrected chi connectivity index (χ3v) is 6.52. The van der Waals surface area contributed by atoms with Crippen LogP contribution in [0.3, 0.4) is 0 Å². The summed E-state index contributed by atoms with van der Waals surface area (Å²) in [7, 11) is 0. The molecule has 0 spiro atoms. The van der Waals surface area contributed by atoms with Gasteiger partial charge in [0.05, 0.1) is 30.8 Å². The van der Waals surface area contributed by atoms with Gasteiger partial charge in [-0.15, -0.1) is 23.1 Å². The normalized spacial score (nSPS) is 15.6. The van der Waals surface area contributed by atoms with Crippen molar-refractivity contribution in [3.8, 4) is 0 Å². The van der Waals surface area contributed by atoms with Gasteiger partial charge in [0, 0.05) is 30.2 Å². The molecule has 1 atom stereocenters. The lowest BCUT2D eigenvalue weighted by molar-refractivity contribution is -0.118. The highest BCUT2D eigenvalue weighted by molar-refractivity contribution is 8.00. The standard InChI is InChI=1S/C21H27N3O3S2/c1-16-4-2-5-17(12-16)23-21(26)15-28-14-20(25)22-13-18(19-6-3-11-29-19)24-7-9-27-10-8-24/h2-6,11-12,18H,7-10,13-15H2,1H3,(H,22,25)(H,23,26). The summed E-state index contributed by atoms with van der Waals surface area (Å²) in [5.41, 5.74) is 1.87. The smallest absolute Gasteiger partial charge is 0.234 e. The SMILES string of the molecule is Cc1cccc(NC(=O)CSCC(=O)NCC(c2cccs2)N2CCOCC2)c1. The highest BCUT2D eigenvalue weighted by atomic mass is 32.2. The lowest BCUT2D eigenvalue weighted by Crippen LogP contribution is -2.43. The monoisotopic (exact) mass is 433 g/mol. The molecule has 2 heterocycles. The molecule has 1 saturated heterocycles. The number of ether oxygens (including phenoxy) is 1. The Morgan fingerprint density at radius 3 is 2.69 bits per heavy atom. The number of nitrogens with zero attached hydrogens (tertiary/aromatic N) is 1. The molecular weight excluding hydrogens is 406 g/mol. The lowest BCUT2D eigenvalue weighted by atomic mass is 10.2. The van der Waals surface area contributed by atoms with Crippen LogP contribution in [0.1, 0.15) is 16.5 Å². The summed E-state index contributed by atoms with van der Waals surface area (Å²) in [6.45, 7) is 5.73. The van der Waals surface area contributed by atoms with Crippen molar-refractivity contribution in [1.82, 2.24) is 10.2 Å². The number of carbonyl (C=O) groups excluding carboxylic acids is 2. The molecule has 156 valence electrons. The summed E-state index contributed by atoms with van der Waals surface area (Å²) in [5.74, 6) is 0.368. The Bertz CT molecular complexity index is 792. The van der Waals surface area contributed by atoms with E-state index in [1.54, 1.807) is 11.3 Å². The van der Waals surface area contributed by atoms with E-state index in [1.807, 2.05) is 37.3 Å². The summed E-state index contributed by atoms with van der Waals surface area (Å²) < 4.78 is 5.45. The zero-order valence-corrected chi connectivity index (χ0v) is 18.2. The van der Waals surface area contributed by atoms with E-state index in [0.29, 0.717) is 6.54 Å². The van der Waals surface area contributed by atoms with Gasteiger partial charge >= 0.3 is 0 Å². The Morgan fingerprint density at radius 1 is 1.17 bits per heavy atom. The number of anilines is 1. The predicted molar refractivity (Wildman–Crippen MR) is 120 cm³/mol. The third-order valence-electron chi connectivity index (χ3n) is 4.62. The van der Waals surface area contributed by atoms with Crippen LogP contribution in [0.2, 0.25) is 0 Å². The van der Waals surface area contributed by atoms with Gasteiger partial charge in [-0.3, -0.25) is 14.5 Å². The van der Waals surface area contributed by atoms with Crippen LogP contribution in [0.25, 0.3) is 0 Å². The molecule has 8 heteroatoms. The fourth-order valence-electron chi connectivity index (χ4n) is 3.20. The third kappa shape index (κ3) is 7.15. The van der Waals surface area contributed by atoms with Crippen molar-refractivity contribution in [2.45, 2.75) is 13.0 Å². The van der Waals surface area contributed by atoms with Gasteiger partial charge in [-0.2, -0.15) is 0 Å². The molecule has 0 bridgehead atoms. The fraction of sp³-hybridized carbons (Fsp3) is 0.429. The van der Waals surface area contributed by atoms with E-state index in [2.05, 4.69) is 27.0 Å². The first-order valence-corrected chi connectivity index (χ1v) is 11.7. The largest absolute Gasteiger partial charge is 0.379 e. The number of benzene rings is 1. The summed E-state index contributed by atoms with van der Waals surface area (Å²) in [5, 5.41) is 7.95. The summed E-state index contributed by atoms with van der Waals surface area (Å²) >= 11 is 3.03. The van der Waals surface area contributed by atoms with Gasteiger partial charge in [0.25, 0.3) is 0 Å². The molecule has 0 saturated carbocycles. The number of thioether (sulfide) groups is 1. The van der Waals surface area contributed by atoms with Gasteiger partial charge in [-0.1, -0.05) is 18.2 Å². The maximum absolute atomic E-state index is 12.3. The van der Waals surface area contributed by atoms with Gasteiger partial charge in [-0.05, 0) is 36.1 Å². The van der Waals surface area contributed by atoms with Crippen LogP contribution in [0.5, 0.6) is 0 Å². The number of aryl methyl sites for hydroxylation is 1. The number of hydrogen-bond donors (Lipinski definition) is 2. The van der Waals surface area contributed by atoms with Gasteiger partial charge in [0.15, 0.2) is 0 Å². The quantitative estimate of drug-likeness (QED) is 0.636. The molecule has 0 radical (unpaired) electrons. The second-order valence-corrected chi connectivity index (χ2v) is 8.86. The Balaban J connectivity index is 1.40. The molecular formula is C21H27N3O3S2. The summed E-state index contributed by atoms with van der Waals surface area (Å²) in [6.07, 6.45) is 0. The number of amides is 2. The van der Waals surface area contributed by atoms with Crippen LogP contribution in [-0.2, 0) is 14.3 Å². The minimum atomic E-state index is -0.0989. The van der Waals surface area contributed by atoms with Crippen molar-refractivity contribution in [2.24, 2.45) is 0 Å². The average Bonchev–Trinajstić information content (AvgIpc) is 3.23. The molecule has 29 heavy (non-hydrogen) atoms. The Kier molecular flexibility index (Phi) is 8.54. The van der Waals surface area contributed by atoms with E-state index in [-0.39, 0.29) is 29.4 Å². The topological polar surface area (TPSA) is 70.7 Å². The van der Waals surface area contributed by atoms with Crippen LogP contribution in [0, 0.1) is 6.92 Å². The van der Waals surface area contributed by atoms with Gasteiger partial charge in [0.1, 0.15) is 0 Å². The molecule has 1 aliphatic rings. The van der Waals surface area contributed by atoms with Crippen molar-refractivity contribution in [1.29, 1.82) is 0 Å². The highest BCUT2D eigenvalue weighted by Crippen LogP contribution is 2.25. The maximum atomic E-state index is 12.3. The zero-order chi connectivity index (χ0) is 20.5. The molecule has 1 aromatic carbocycles. The highest BCUT2D eigenvalue weighted by Gasteiger charge is 2.23. The predicted octanol–water partition coefficient (Wildman–Crippen LogP) is 2.92. The summed E-state index contributed by atoms with van der Waals surface area (Å²) in [4.78, 5) is 27.9. The van der Waals surface area contributed by atoms with Crippen LogP contribution in [0.15, 0.2) is 41.8 Å². The molecule has 0 aliphatic carbocycles. The molecule has 1 aromatic heterocycles.